The van der Waals surface area contributed by atoms with Gasteiger partial charge in [-0.05, 0) is 76.8 Å². The minimum Gasteiger partial charge on any atom is -0.412 e. The molecule has 0 amide bonds. The van der Waals surface area contributed by atoms with Crippen molar-refractivity contribution in [3.63, 3.8) is 0 Å². The van der Waals surface area contributed by atoms with E-state index in [4.69, 9.17) is 14.8 Å². The van der Waals surface area contributed by atoms with Crippen LogP contribution in [0, 0.1) is 11.4 Å². The second-order valence-corrected chi connectivity index (χ2v) is 17.7. The lowest BCUT2D eigenvalue weighted by molar-refractivity contribution is -0.135. The average Bonchev–Trinajstić information content (AvgIpc) is 3.09. The Bertz CT molecular complexity index is 2590. The Morgan fingerprint density at radius 1 is 0.825 bits per heavy atom. The highest BCUT2D eigenvalue weighted by Crippen LogP contribution is 2.36. The van der Waals surface area contributed by atoms with Gasteiger partial charge in [0.25, 0.3) is 10.1 Å². The van der Waals surface area contributed by atoms with Gasteiger partial charge >= 0.3 is 20.8 Å². The van der Waals surface area contributed by atoms with Crippen molar-refractivity contribution >= 4 is 105 Å². The third kappa shape index (κ3) is 15.6. The summed E-state index contributed by atoms with van der Waals surface area (Å²) in [5.41, 5.74) is 5.95. The van der Waals surface area contributed by atoms with E-state index in [1.165, 1.54) is 36.4 Å². The molecule has 0 aliphatic carbocycles. The van der Waals surface area contributed by atoms with Gasteiger partial charge in [0.1, 0.15) is 10.6 Å². The number of nitrogens with two attached hydrogens (primary N) is 1. The van der Waals surface area contributed by atoms with E-state index >= 15 is 0 Å². The topological polar surface area (TPSA) is 390 Å². The molecule has 10 N–H and O–H groups in total. The Hall–Kier alpha value is -4.75. The van der Waals surface area contributed by atoms with Crippen molar-refractivity contribution in [2.45, 2.75) is 19.8 Å². The molecule has 30 heteroatoms. The predicted molar refractivity (Wildman–Crippen MR) is 202 cm³/mol. The lowest BCUT2D eigenvalue weighted by Crippen LogP contribution is -2.15. The second-order valence-electron chi connectivity index (χ2n) is 10.1. The SMILES string of the molecule is Nc1cc(Nc2nc(Nc3ccc(S(=O)(=O)CCOS(=O)(=O)O)cc3)nc(SCCO)n2)c(N=Nc2ccc(SC#COOS(=O)(=O)O)cc2)cc1S(=O)(=O)O.O. The van der Waals surface area contributed by atoms with E-state index in [0.29, 0.717) is 10.6 Å². The van der Waals surface area contributed by atoms with Gasteiger partial charge in [-0.2, -0.15) is 45.3 Å². The molecule has 0 aliphatic heterocycles. The van der Waals surface area contributed by atoms with Crippen molar-refractivity contribution in [2.24, 2.45) is 10.2 Å². The average molecular weight is 913 g/mol. The highest BCUT2D eigenvalue weighted by molar-refractivity contribution is 8.04. The van der Waals surface area contributed by atoms with Crippen LogP contribution in [0.4, 0.5) is 40.3 Å². The maximum atomic E-state index is 12.6. The van der Waals surface area contributed by atoms with Gasteiger partial charge in [-0.15, -0.1) is 5.11 Å². The quantitative estimate of drug-likeness (QED) is 0.0143. The molecule has 1 heterocycles. The zero-order chi connectivity index (χ0) is 41.1. The number of thioether (sulfide) groups is 2. The molecule has 4 rings (SSSR count). The molecule has 0 radical (unpaired) electrons. The van der Waals surface area contributed by atoms with Crippen molar-refractivity contribution in [1.29, 1.82) is 0 Å². The number of hydrogen-bond acceptors (Lipinski definition) is 22. The van der Waals surface area contributed by atoms with Gasteiger partial charge in [0, 0.05) is 21.6 Å². The summed E-state index contributed by atoms with van der Waals surface area (Å²) in [6.07, 6.45) is 1.89. The maximum absolute atomic E-state index is 12.6. The molecule has 0 atom stereocenters. The zero-order valence-corrected chi connectivity index (χ0v) is 33.0. The standard InChI is InChI=1S/C27H26N8O15S6.H2O/c28-21-15-22(23(16-24(21)54(39,40)41)35-34-18-1-5-19(6-2-18)51-13-10-48-50-56(45,46)47)30-26-31-25(32-27(33-26)52-12-9-36)29-17-3-7-20(8-4-17)53(37,38)14-11-49-55(42,43)44;/h1-8,15-16,36H,9,11-12,14,28H2,(H,39,40,41)(H,42,43,44)(H,45,46,47)(H2,29,30,31,32,33);1H2. The van der Waals surface area contributed by atoms with Crippen molar-refractivity contribution < 1.29 is 71.3 Å². The molecule has 308 valence electrons. The molecule has 0 unspecified atom stereocenters. The monoisotopic (exact) mass is 912 g/mol. The first kappa shape index (κ1) is 46.6. The summed E-state index contributed by atoms with van der Waals surface area (Å²) in [5.74, 6) is -0.799. The highest BCUT2D eigenvalue weighted by atomic mass is 32.3. The summed E-state index contributed by atoms with van der Waals surface area (Å²) in [6.45, 7) is -1.05. The van der Waals surface area contributed by atoms with Crippen molar-refractivity contribution in [2.75, 3.05) is 41.1 Å². The van der Waals surface area contributed by atoms with Crippen LogP contribution in [-0.4, -0.2) is 97.6 Å². The second kappa shape index (κ2) is 20.1. The summed E-state index contributed by atoms with van der Waals surface area (Å²) in [5, 5.41) is 25.7. The van der Waals surface area contributed by atoms with Gasteiger partial charge in [0.15, 0.2) is 21.1 Å². The molecule has 57 heavy (non-hydrogen) atoms. The summed E-state index contributed by atoms with van der Waals surface area (Å²) in [7, 11) is -18.5. The Kier molecular flexibility index (Phi) is 16.4. The van der Waals surface area contributed by atoms with Gasteiger partial charge < -0.3 is 26.9 Å². The highest BCUT2D eigenvalue weighted by Gasteiger charge is 2.20. The number of benzene rings is 3. The normalized spacial score (nSPS) is 12.0. The van der Waals surface area contributed by atoms with E-state index in [9.17, 15) is 43.3 Å². The fourth-order valence-corrected chi connectivity index (χ4v) is 7.14. The number of rotatable bonds is 18. The van der Waals surface area contributed by atoms with Gasteiger partial charge in [0.2, 0.25) is 11.9 Å². The van der Waals surface area contributed by atoms with E-state index in [-0.39, 0.29) is 62.5 Å². The number of azo groups is 1. The first-order valence-corrected chi connectivity index (χ1v) is 22.2. The van der Waals surface area contributed by atoms with Crippen LogP contribution in [0.1, 0.15) is 0 Å². The lowest BCUT2D eigenvalue weighted by Gasteiger charge is -2.13. The zero-order valence-electron chi connectivity index (χ0n) is 28.1. The molecule has 0 aliphatic rings. The largest absolute Gasteiger partial charge is 0.433 e. The fourth-order valence-electron chi connectivity index (χ4n) is 3.87. The van der Waals surface area contributed by atoms with Crippen molar-refractivity contribution in [3.05, 3.63) is 60.7 Å². The van der Waals surface area contributed by atoms with Crippen LogP contribution >= 0.6 is 23.5 Å². The van der Waals surface area contributed by atoms with E-state index in [1.807, 2.05) is 6.11 Å². The summed E-state index contributed by atoms with van der Waals surface area (Å²) >= 11 is 1.93. The number of nitrogens with zero attached hydrogens (tertiary/aromatic N) is 5. The number of nitrogens with one attached hydrogen (secondary N) is 2. The predicted octanol–water partition coefficient (Wildman–Crippen LogP) is 2.22. The Labute approximate surface area is 332 Å². The van der Waals surface area contributed by atoms with E-state index in [1.54, 1.807) is 12.1 Å². The Balaban J connectivity index is 0.00000870. The molecule has 0 saturated carbocycles. The molecule has 0 fully saturated rings. The molecule has 4 aromatic rings. The number of aliphatic hydroxyl groups excluding tert-OH is 1. The number of hydrogen-bond donors (Lipinski definition) is 7. The molecular formula is C27H28N8O16S6. The van der Waals surface area contributed by atoms with Crippen LogP contribution in [0.2, 0.25) is 0 Å². The van der Waals surface area contributed by atoms with E-state index in [0.717, 1.165) is 35.7 Å². The third-order valence-electron chi connectivity index (χ3n) is 6.13. The fraction of sp³-hybridized carbons (Fsp3) is 0.148. The van der Waals surface area contributed by atoms with Gasteiger partial charge in [-0.1, -0.05) is 11.8 Å². The summed E-state index contributed by atoms with van der Waals surface area (Å²) in [4.78, 5) is 16.5. The minimum absolute atomic E-state index is 0. The Morgan fingerprint density at radius 2 is 1.47 bits per heavy atom. The number of aliphatic hydroxyl groups is 1. The van der Waals surface area contributed by atoms with Crippen LogP contribution in [0.3, 0.4) is 0 Å². The molecule has 1 aromatic heterocycles. The first-order valence-electron chi connectivity index (χ1n) is 14.6. The van der Waals surface area contributed by atoms with Gasteiger partial charge in [0.05, 0.1) is 40.9 Å². The van der Waals surface area contributed by atoms with Crippen LogP contribution < -0.4 is 16.4 Å². The molecule has 0 saturated heterocycles. The van der Waals surface area contributed by atoms with Crippen LogP contribution in [0.5, 0.6) is 0 Å². The lowest BCUT2D eigenvalue weighted by atomic mass is 10.2. The van der Waals surface area contributed by atoms with E-state index in [2.05, 4.69) is 54.5 Å². The van der Waals surface area contributed by atoms with Crippen molar-refractivity contribution in [3.8, 4) is 11.4 Å². The van der Waals surface area contributed by atoms with Gasteiger partial charge in [-0.25, -0.2) is 12.6 Å². The van der Waals surface area contributed by atoms with Crippen LogP contribution in [0.15, 0.2) is 90.7 Å². The van der Waals surface area contributed by atoms with Crippen LogP contribution in [-0.2, 0) is 54.2 Å². The number of aromatic nitrogens is 3. The molecule has 24 nitrogen and oxygen atoms in total. The molecular weight excluding hydrogens is 885 g/mol. The van der Waals surface area contributed by atoms with Crippen LogP contribution in [0.25, 0.3) is 0 Å². The number of anilines is 5. The first-order chi connectivity index (χ1) is 26.2. The Morgan fingerprint density at radius 3 is 2.07 bits per heavy atom. The molecule has 0 bridgehead atoms. The third-order valence-corrected chi connectivity index (χ3v) is 11.0. The van der Waals surface area contributed by atoms with E-state index < -0.39 is 58.0 Å². The number of nitrogen functional groups attached to an aromatic ring is 1. The summed E-state index contributed by atoms with van der Waals surface area (Å²) in [6, 6.07) is 13.3. The minimum atomic E-state index is -4.84. The maximum Gasteiger partial charge on any atom is 0.433 e. The molecule has 3 aromatic carbocycles. The smallest absolute Gasteiger partial charge is 0.412 e. The van der Waals surface area contributed by atoms with Gasteiger partial charge in [-0.3, -0.25) is 18.5 Å². The number of sulfone groups is 1. The van der Waals surface area contributed by atoms with Crippen molar-refractivity contribution in [1.82, 2.24) is 15.0 Å². The summed E-state index contributed by atoms with van der Waals surface area (Å²) < 4.78 is 126. The molecule has 0 spiro atoms.